The molecule has 0 aliphatic rings. The van der Waals surface area contributed by atoms with E-state index >= 15 is 0 Å². The van der Waals surface area contributed by atoms with Gasteiger partial charge in [-0.15, -0.1) is 0 Å². The quantitative estimate of drug-likeness (QED) is 0.417. The highest BCUT2D eigenvalue weighted by Crippen LogP contribution is 2.22. The van der Waals surface area contributed by atoms with Crippen molar-refractivity contribution in [1.82, 2.24) is 5.43 Å². The molecule has 0 fully saturated rings. The number of nitro groups is 1. The van der Waals surface area contributed by atoms with E-state index in [0.717, 1.165) is 22.1 Å². The van der Waals surface area contributed by atoms with Crippen LogP contribution in [0.25, 0.3) is 10.8 Å². The zero-order valence-electron chi connectivity index (χ0n) is 12.9. The first-order valence-corrected chi connectivity index (χ1v) is 8.11. The fourth-order valence-electron chi connectivity index (χ4n) is 2.12. The van der Waals surface area contributed by atoms with Gasteiger partial charge in [-0.1, -0.05) is 41.7 Å². The molecule has 0 spiro atoms. The van der Waals surface area contributed by atoms with Crippen LogP contribution in [0.4, 0.5) is 5.00 Å². The van der Waals surface area contributed by atoms with Crippen molar-refractivity contribution in [3.05, 3.63) is 69.6 Å². The Bertz CT molecular complexity index is 952. The summed E-state index contributed by atoms with van der Waals surface area (Å²) in [5.74, 6) is 0.169. The molecule has 2 aromatic carbocycles. The maximum Gasteiger partial charge on any atom is 0.324 e. The third kappa shape index (κ3) is 4.39. The van der Waals surface area contributed by atoms with Crippen LogP contribution in [0.5, 0.6) is 5.75 Å². The number of thiophene rings is 1. The summed E-state index contributed by atoms with van der Waals surface area (Å²) in [6.07, 6.45) is 1.35. The Morgan fingerprint density at radius 2 is 2.00 bits per heavy atom. The van der Waals surface area contributed by atoms with Crippen molar-refractivity contribution in [2.24, 2.45) is 5.10 Å². The topological polar surface area (TPSA) is 93.8 Å². The summed E-state index contributed by atoms with van der Waals surface area (Å²) in [5.41, 5.74) is 2.32. The van der Waals surface area contributed by atoms with Crippen molar-refractivity contribution in [3.63, 3.8) is 0 Å². The van der Waals surface area contributed by atoms with Gasteiger partial charge in [-0.25, -0.2) is 5.43 Å². The molecule has 0 aliphatic heterocycles. The molecule has 1 heterocycles. The second-order valence-corrected chi connectivity index (χ2v) is 6.12. The maximum absolute atomic E-state index is 11.7. The summed E-state index contributed by atoms with van der Waals surface area (Å²) < 4.78 is 5.44. The Morgan fingerprint density at radius 3 is 2.76 bits per heavy atom. The van der Waals surface area contributed by atoms with Gasteiger partial charge in [0.25, 0.3) is 5.91 Å². The normalized spacial score (nSPS) is 10.9. The summed E-state index contributed by atoms with van der Waals surface area (Å²) in [4.78, 5) is 22.4. The van der Waals surface area contributed by atoms with E-state index in [4.69, 9.17) is 4.74 Å². The van der Waals surface area contributed by atoms with Gasteiger partial charge in [0.2, 0.25) is 0 Å². The smallest absolute Gasteiger partial charge is 0.324 e. The van der Waals surface area contributed by atoms with Crippen LogP contribution in [0.1, 0.15) is 4.88 Å². The number of fused-ring (bicyclic) bond motifs is 1. The van der Waals surface area contributed by atoms with Gasteiger partial charge >= 0.3 is 5.00 Å². The molecule has 0 radical (unpaired) electrons. The number of hydrazone groups is 1. The molecule has 0 atom stereocenters. The second kappa shape index (κ2) is 7.54. The van der Waals surface area contributed by atoms with Crippen LogP contribution < -0.4 is 10.2 Å². The first kappa shape index (κ1) is 16.6. The third-order valence-corrected chi connectivity index (χ3v) is 4.24. The number of ether oxygens (including phenoxy) is 1. The zero-order valence-corrected chi connectivity index (χ0v) is 13.7. The van der Waals surface area contributed by atoms with E-state index in [2.05, 4.69) is 10.5 Å². The Hall–Kier alpha value is -3.26. The molecule has 0 bridgehead atoms. The molecule has 0 aliphatic carbocycles. The minimum absolute atomic E-state index is 0.0208. The van der Waals surface area contributed by atoms with Crippen LogP contribution in [0, 0.1) is 10.1 Å². The molecule has 0 unspecified atom stereocenters. The highest BCUT2D eigenvalue weighted by atomic mass is 32.1. The minimum Gasteiger partial charge on any atom is -0.484 e. The highest BCUT2D eigenvalue weighted by Gasteiger charge is 2.08. The van der Waals surface area contributed by atoms with E-state index < -0.39 is 10.8 Å². The van der Waals surface area contributed by atoms with Crippen LogP contribution in [0.3, 0.4) is 0 Å². The first-order chi connectivity index (χ1) is 12.1. The predicted molar refractivity (Wildman–Crippen MR) is 96.2 cm³/mol. The van der Waals surface area contributed by atoms with Crippen molar-refractivity contribution >= 4 is 39.2 Å². The molecule has 1 aromatic heterocycles. The lowest BCUT2D eigenvalue weighted by Crippen LogP contribution is -2.24. The third-order valence-electron chi connectivity index (χ3n) is 3.26. The van der Waals surface area contributed by atoms with Crippen molar-refractivity contribution in [2.75, 3.05) is 6.61 Å². The molecule has 126 valence electrons. The summed E-state index contributed by atoms with van der Waals surface area (Å²) in [5, 5.41) is 16.5. The second-order valence-electron chi connectivity index (χ2n) is 5.02. The van der Waals surface area contributed by atoms with Gasteiger partial charge in [0.05, 0.1) is 16.0 Å². The SMILES string of the molecule is O=C(COc1ccc2ccccc2c1)NN=Cc1ccc([N+](=O)[O-])s1. The molecule has 3 rings (SSSR count). The van der Waals surface area contributed by atoms with Crippen LogP contribution in [-0.4, -0.2) is 23.7 Å². The minimum atomic E-state index is -0.474. The molecule has 0 saturated heterocycles. The van der Waals surface area contributed by atoms with E-state index in [1.54, 1.807) is 12.1 Å². The molecule has 0 saturated carbocycles. The lowest BCUT2D eigenvalue weighted by molar-refractivity contribution is -0.380. The molecular formula is C17H13N3O4S. The number of carbonyl (C=O) groups excluding carboxylic acids is 1. The highest BCUT2D eigenvalue weighted by molar-refractivity contribution is 7.16. The molecule has 3 aromatic rings. The Kier molecular flexibility index (Phi) is 5.00. The van der Waals surface area contributed by atoms with Crippen molar-refractivity contribution < 1.29 is 14.5 Å². The lowest BCUT2D eigenvalue weighted by atomic mass is 10.1. The molecule has 7 nitrogen and oxygen atoms in total. The number of hydrogen-bond acceptors (Lipinski definition) is 6. The predicted octanol–water partition coefficient (Wildman–Crippen LogP) is 3.34. The molecule has 1 N–H and O–H groups in total. The van der Waals surface area contributed by atoms with Crippen LogP contribution in [0.15, 0.2) is 59.7 Å². The van der Waals surface area contributed by atoms with Gasteiger partial charge in [-0.05, 0) is 29.0 Å². The Balaban J connectivity index is 1.51. The van der Waals surface area contributed by atoms with Gasteiger partial charge < -0.3 is 4.74 Å². The average Bonchev–Trinajstić information content (AvgIpc) is 3.09. The standard InChI is InChI=1S/C17H13N3O4S/c21-16(19-18-10-15-7-8-17(25-15)20(22)23)11-24-14-6-5-12-3-1-2-4-13(12)9-14/h1-10H,11H2,(H,19,21). The molecule has 8 heteroatoms. The number of benzene rings is 2. The zero-order chi connectivity index (χ0) is 17.6. The molecule has 1 amide bonds. The van der Waals surface area contributed by atoms with Crippen LogP contribution in [-0.2, 0) is 4.79 Å². The fraction of sp³-hybridized carbons (Fsp3) is 0.0588. The average molecular weight is 355 g/mol. The van der Waals surface area contributed by atoms with Gasteiger partial charge in [0.1, 0.15) is 5.75 Å². The van der Waals surface area contributed by atoms with Gasteiger partial charge in [-0.2, -0.15) is 5.10 Å². The number of rotatable bonds is 6. The fourth-order valence-corrected chi connectivity index (χ4v) is 2.81. The van der Waals surface area contributed by atoms with Crippen LogP contribution in [0.2, 0.25) is 0 Å². The summed E-state index contributed by atoms with van der Waals surface area (Å²) in [6.45, 7) is -0.180. The number of carbonyl (C=O) groups is 1. The van der Waals surface area contributed by atoms with Gasteiger partial charge in [0.15, 0.2) is 6.61 Å². The van der Waals surface area contributed by atoms with Crippen molar-refractivity contribution in [1.29, 1.82) is 0 Å². The van der Waals surface area contributed by atoms with E-state index in [-0.39, 0.29) is 11.6 Å². The number of amides is 1. The van der Waals surface area contributed by atoms with E-state index in [1.165, 1.54) is 12.3 Å². The Morgan fingerprint density at radius 1 is 1.20 bits per heavy atom. The Labute approximate surface area is 146 Å². The number of nitrogens with one attached hydrogen (secondary N) is 1. The summed E-state index contributed by atoms with van der Waals surface area (Å²) in [7, 11) is 0. The van der Waals surface area contributed by atoms with E-state index in [1.807, 2.05) is 36.4 Å². The van der Waals surface area contributed by atoms with Crippen molar-refractivity contribution in [2.45, 2.75) is 0 Å². The lowest BCUT2D eigenvalue weighted by Gasteiger charge is -2.06. The monoisotopic (exact) mass is 355 g/mol. The molecule has 25 heavy (non-hydrogen) atoms. The number of nitrogens with zero attached hydrogens (tertiary/aromatic N) is 2. The first-order valence-electron chi connectivity index (χ1n) is 7.29. The van der Waals surface area contributed by atoms with E-state index in [9.17, 15) is 14.9 Å². The number of hydrogen-bond donors (Lipinski definition) is 1. The summed E-state index contributed by atoms with van der Waals surface area (Å²) in [6, 6.07) is 16.4. The maximum atomic E-state index is 11.7. The van der Waals surface area contributed by atoms with Crippen molar-refractivity contribution in [3.8, 4) is 5.75 Å². The summed E-state index contributed by atoms with van der Waals surface area (Å²) >= 11 is 0.973. The van der Waals surface area contributed by atoms with Gasteiger partial charge in [-0.3, -0.25) is 14.9 Å². The largest absolute Gasteiger partial charge is 0.484 e. The van der Waals surface area contributed by atoms with Crippen LogP contribution >= 0.6 is 11.3 Å². The van der Waals surface area contributed by atoms with Gasteiger partial charge in [0, 0.05) is 6.07 Å². The molecular weight excluding hydrogens is 342 g/mol. The van der Waals surface area contributed by atoms with E-state index in [0.29, 0.717) is 10.6 Å².